The predicted octanol–water partition coefficient (Wildman–Crippen LogP) is 1.46. The number of aliphatic hydroxyl groups excluding tert-OH is 1. The van der Waals surface area contributed by atoms with E-state index in [1.54, 1.807) is 0 Å². The Morgan fingerprint density at radius 1 is 1.26 bits per heavy atom. The van der Waals surface area contributed by atoms with E-state index < -0.39 is 60.5 Å². The lowest BCUT2D eigenvalue weighted by atomic mass is 9.94. The molecule has 38 heavy (non-hydrogen) atoms. The number of hydrogen-bond acceptors (Lipinski definition) is 6. The van der Waals surface area contributed by atoms with Crippen LogP contribution in [-0.2, 0) is 23.9 Å². The van der Waals surface area contributed by atoms with E-state index >= 15 is 0 Å². The Morgan fingerprint density at radius 3 is 2.55 bits per heavy atom. The van der Waals surface area contributed by atoms with Gasteiger partial charge >= 0.3 is 6.36 Å². The second-order valence-corrected chi connectivity index (χ2v) is 10.6. The number of carbonyl (C=O) groups is 4. The standard InChI is InChI=1S/C25H29F4N3O6/c1-24(2)14-10-32(23(37)20(34)13-5-3-4-6-15(13)26)19(18(14)24)22(36)31-16(9-12-7-8-30-21(12)35)17(33)11-38-25(27,28)29/h3-6,12,14,16,18-20,34H,7-11H2,1-2H3,(H,30,35)(H,31,36)/t12-,14-,16-,18-,19-,20+/m0/s1. The molecule has 0 unspecified atom stereocenters. The summed E-state index contributed by atoms with van der Waals surface area (Å²) < 4.78 is 55.6. The highest BCUT2D eigenvalue weighted by atomic mass is 19.4. The van der Waals surface area contributed by atoms with E-state index in [-0.39, 0.29) is 41.7 Å². The Kier molecular flexibility index (Phi) is 7.54. The number of ketones is 1. The summed E-state index contributed by atoms with van der Waals surface area (Å²) in [6.45, 7) is 2.84. The minimum atomic E-state index is -5.07. The fourth-order valence-corrected chi connectivity index (χ4v) is 5.74. The molecule has 3 N–H and O–H groups in total. The van der Waals surface area contributed by atoms with Crippen molar-refractivity contribution in [1.29, 1.82) is 0 Å². The summed E-state index contributed by atoms with van der Waals surface area (Å²) in [6, 6.07) is 2.54. The number of fused-ring (bicyclic) bond motifs is 1. The number of nitrogens with zero attached hydrogens (tertiary/aromatic N) is 1. The van der Waals surface area contributed by atoms with Crippen LogP contribution < -0.4 is 10.6 Å². The molecule has 2 saturated heterocycles. The van der Waals surface area contributed by atoms with Crippen LogP contribution in [0, 0.1) is 29.0 Å². The van der Waals surface area contributed by atoms with Gasteiger partial charge in [0.25, 0.3) is 5.91 Å². The Balaban J connectivity index is 1.54. The maximum absolute atomic E-state index is 14.2. The number of Topliss-reactive ketones (excluding diaryl/α,β-unsaturated/α-hetero) is 1. The van der Waals surface area contributed by atoms with Gasteiger partial charge in [-0.3, -0.25) is 23.9 Å². The van der Waals surface area contributed by atoms with Gasteiger partial charge in [-0.05, 0) is 36.2 Å². The molecule has 3 aliphatic rings. The quantitative estimate of drug-likeness (QED) is 0.405. The molecule has 0 bridgehead atoms. The summed E-state index contributed by atoms with van der Waals surface area (Å²) in [7, 11) is 0. The molecule has 0 aromatic heterocycles. The van der Waals surface area contributed by atoms with Crippen LogP contribution in [0.4, 0.5) is 17.6 Å². The molecule has 4 rings (SSSR count). The average molecular weight is 544 g/mol. The molecule has 1 aromatic rings. The summed E-state index contributed by atoms with van der Waals surface area (Å²) in [5.41, 5.74) is -0.618. The van der Waals surface area contributed by atoms with Gasteiger partial charge in [-0.15, -0.1) is 13.2 Å². The molecule has 13 heteroatoms. The molecule has 208 valence electrons. The molecule has 3 fully saturated rings. The smallest absolute Gasteiger partial charge is 0.378 e. The van der Waals surface area contributed by atoms with Gasteiger partial charge in [0.15, 0.2) is 11.9 Å². The zero-order valence-corrected chi connectivity index (χ0v) is 20.8. The van der Waals surface area contributed by atoms with Crippen molar-refractivity contribution in [2.45, 2.75) is 51.2 Å². The van der Waals surface area contributed by atoms with E-state index in [1.807, 2.05) is 13.8 Å². The number of rotatable bonds is 9. The van der Waals surface area contributed by atoms with Crippen molar-refractivity contribution in [3.05, 3.63) is 35.6 Å². The van der Waals surface area contributed by atoms with Crippen LogP contribution in [0.1, 0.15) is 38.4 Å². The highest BCUT2D eigenvalue weighted by Crippen LogP contribution is 2.65. The summed E-state index contributed by atoms with van der Waals surface area (Å²) in [5, 5.41) is 15.6. The van der Waals surface area contributed by atoms with E-state index in [0.717, 1.165) is 11.0 Å². The number of amides is 3. The van der Waals surface area contributed by atoms with Crippen molar-refractivity contribution in [1.82, 2.24) is 15.5 Å². The number of ether oxygens (including phenoxy) is 1. The Hall–Kier alpha value is -3.06. The molecule has 1 aromatic carbocycles. The van der Waals surface area contributed by atoms with Crippen molar-refractivity contribution in [3.63, 3.8) is 0 Å². The average Bonchev–Trinajstić information content (AvgIpc) is 3.20. The normalized spacial score (nSPS) is 27.3. The van der Waals surface area contributed by atoms with Crippen molar-refractivity contribution >= 4 is 23.5 Å². The predicted molar refractivity (Wildman–Crippen MR) is 122 cm³/mol. The molecule has 3 amide bonds. The molecular weight excluding hydrogens is 514 g/mol. The van der Waals surface area contributed by atoms with Gasteiger partial charge in [-0.1, -0.05) is 32.0 Å². The lowest BCUT2D eigenvalue weighted by Crippen LogP contribution is -2.55. The topological polar surface area (TPSA) is 125 Å². The number of piperidine rings is 1. The zero-order valence-electron chi connectivity index (χ0n) is 20.8. The van der Waals surface area contributed by atoms with Gasteiger partial charge in [0, 0.05) is 24.6 Å². The Bertz CT molecular complexity index is 1130. The third-order valence-electron chi connectivity index (χ3n) is 7.96. The van der Waals surface area contributed by atoms with Gasteiger partial charge in [-0.25, -0.2) is 4.39 Å². The maximum Gasteiger partial charge on any atom is 0.522 e. The van der Waals surface area contributed by atoms with Crippen LogP contribution in [0.15, 0.2) is 24.3 Å². The zero-order chi connectivity index (χ0) is 28.0. The number of benzene rings is 1. The molecule has 2 heterocycles. The van der Waals surface area contributed by atoms with Crippen LogP contribution in [0.2, 0.25) is 0 Å². The van der Waals surface area contributed by atoms with Crippen LogP contribution >= 0.6 is 0 Å². The molecule has 6 atom stereocenters. The lowest BCUT2D eigenvalue weighted by molar-refractivity contribution is -0.321. The first-order chi connectivity index (χ1) is 17.7. The summed E-state index contributed by atoms with van der Waals surface area (Å²) in [5.74, 6) is -5.15. The van der Waals surface area contributed by atoms with Crippen molar-refractivity contribution in [2.75, 3.05) is 19.7 Å². The molecular formula is C25H29F4N3O6. The minimum Gasteiger partial charge on any atom is -0.378 e. The van der Waals surface area contributed by atoms with Gasteiger partial charge < -0.3 is 20.6 Å². The fourth-order valence-electron chi connectivity index (χ4n) is 5.74. The van der Waals surface area contributed by atoms with E-state index in [9.17, 15) is 41.8 Å². The SMILES string of the molecule is CC1(C)[C@@H]2[C@@H](C(=O)N[C@@H](C[C@@H]3CCNC3=O)C(=O)COC(F)(F)F)N(C(=O)[C@H](O)c3ccccc3F)C[C@@H]21. The third-order valence-corrected chi connectivity index (χ3v) is 7.96. The third kappa shape index (κ3) is 5.53. The van der Waals surface area contributed by atoms with Gasteiger partial charge in [0.1, 0.15) is 18.5 Å². The number of carbonyl (C=O) groups excluding carboxylic acids is 4. The summed E-state index contributed by atoms with van der Waals surface area (Å²) >= 11 is 0. The van der Waals surface area contributed by atoms with Crippen molar-refractivity contribution in [2.24, 2.45) is 23.2 Å². The van der Waals surface area contributed by atoms with Gasteiger partial charge in [-0.2, -0.15) is 0 Å². The number of alkyl halides is 3. The first kappa shape index (κ1) is 28.0. The van der Waals surface area contributed by atoms with Gasteiger partial charge in [0.05, 0.1) is 6.04 Å². The molecule has 1 saturated carbocycles. The van der Waals surface area contributed by atoms with Crippen molar-refractivity contribution in [3.8, 4) is 0 Å². The first-order valence-electron chi connectivity index (χ1n) is 12.3. The Labute approximate surface area is 215 Å². The second kappa shape index (κ2) is 10.3. The largest absolute Gasteiger partial charge is 0.522 e. The summed E-state index contributed by atoms with van der Waals surface area (Å²) in [6.07, 6.45) is -6.86. The Morgan fingerprint density at radius 2 is 1.95 bits per heavy atom. The number of hydrogen-bond donors (Lipinski definition) is 3. The highest BCUT2D eigenvalue weighted by Gasteiger charge is 2.69. The van der Waals surface area contributed by atoms with Crippen LogP contribution in [0.3, 0.4) is 0 Å². The molecule has 1 aliphatic carbocycles. The second-order valence-electron chi connectivity index (χ2n) is 10.6. The van der Waals surface area contributed by atoms with Crippen LogP contribution in [0.5, 0.6) is 0 Å². The molecule has 2 aliphatic heterocycles. The molecule has 0 spiro atoms. The van der Waals surface area contributed by atoms with E-state index in [4.69, 9.17) is 0 Å². The van der Waals surface area contributed by atoms with Crippen LogP contribution in [0.25, 0.3) is 0 Å². The number of likely N-dealkylation sites (tertiary alicyclic amines) is 1. The van der Waals surface area contributed by atoms with Gasteiger partial charge in [0.2, 0.25) is 11.8 Å². The highest BCUT2D eigenvalue weighted by molar-refractivity contribution is 5.95. The van der Waals surface area contributed by atoms with E-state index in [2.05, 4.69) is 15.4 Å². The number of nitrogens with one attached hydrogen (secondary N) is 2. The minimum absolute atomic E-state index is 0.0981. The van der Waals surface area contributed by atoms with E-state index in [0.29, 0.717) is 13.0 Å². The molecule has 0 radical (unpaired) electrons. The van der Waals surface area contributed by atoms with E-state index in [1.165, 1.54) is 18.2 Å². The van der Waals surface area contributed by atoms with Crippen LogP contribution in [-0.4, -0.2) is 71.7 Å². The number of aliphatic hydroxyl groups is 1. The van der Waals surface area contributed by atoms with Crippen molar-refractivity contribution < 1.29 is 46.6 Å². The monoisotopic (exact) mass is 543 g/mol. The fraction of sp³-hybridized carbons (Fsp3) is 0.600. The number of halogens is 4. The first-order valence-corrected chi connectivity index (χ1v) is 12.3. The summed E-state index contributed by atoms with van der Waals surface area (Å²) in [4.78, 5) is 52.6. The molecule has 9 nitrogen and oxygen atoms in total. The maximum atomic E-state index is 14.2. The lowest BCUT2D eigenvalue weighted by Gasteiger charge is -2.33.